The molecule has 2 rings (SSSR count). The molecule has 0 aliphatic rings. The van der Waals surface area contributed by atoms with Crippen molar-refractivity contribution in [3.05, 3.63) is 59.7 Å². The lowest BCUT2D eigenvalue weighted by atomic mass is 10.1. The van der Waals surface area contributed by atoms with Crippen molar-refractivity contribution in [2.75, 3.05) is 20.3 Å². The molecule has 0 aliphatic carbocycles. The summed E-state index contributed by atoms with van der Waals surface area (Å²) in [7, 11) is 1.70. The quantitative estimate of drug-likeness (QED) is 0.785. The van der Waals surface area contributed by atoms with Crippen LogP contribution in [0.15, 0.2) is 48.5 Å². The van der Waals surface area contributed by atoms with Crippen LogP contribution >= 0.6 is 0 Å². The Kier molecular flexibility index (Phi) is 5.44. The van der Waals surface area contributed by atoms with Crippen molar-refractivity contribution < 1.29 is 9.47 Å². The molecule has 2 aromatic carbocycles. The first-order valence-electron chi connectivity index (χ1n) is 6.81. The number of rotatable bonds is 7. The molecule has 0 amide bonds. The van der Waals surface area contributed by atoms with Crippen LogP contribution in [0, 0.1) is 6.92 Å². The zero-order valence-electron chi connectivity index (χ0n) is 12.1. The molecule has 106 valence electrons. The van der Waals surface area contributed by atoms with Gasteiger partial charge in [-0.1, -0.05) is 35.9 Å². The molecule has 0 bridgehead atoms. The smallest absolute Gasteiger partial charge is 0.123 e. The van der Waals surface area contributed by atoms with E-state index in [0.717, 1.165) is 24.6 Å². The highest BCUT2D eigenvalue weighted by Crippen LogP contribution is 2.19. The Bertz CT molecular complexity index is 526. The van der Waals surface area contributed by atoms with Gasteiger partial charge in [-0.15, -0.1) is 0 Å². The number of nitrogens with one attached hydrogen (secondary N) is 1. The molecule has 0 saturated carbocycles. The number of methoxy groups -OCH3 is 1. The second kappa shape index (κ2) is 7.56. The minimum atomic E-state index is 0.651. The summed E-state index contributed by atoms with van der Waals surface area (Å²) in [6, 6.07) is 16.1. The highest BCUT2D eigenvalue weighted by molar-refractivity contribution is 5.36. The Morgan fingerprint density at radius 2 is 1.85 bits per heavy atom. The number of hydrogen-bond donors (Lipinski definition) is 1. The van der Waals surface area contributed by atoms with E-state index in [1.165, 1.54) is 11.1 Å². The van der Waals surface area contributed by atoms with Crippen molar-refractivity contribution in [3.8, 4) is 11.5 Å². The lowest BCUT2D eigenvalue weighted by molar-refractivity contribution is 0.313. The van der Waals surface area contributed by atoms with E-state index in [0.29, 0.717) is 6.61 Å². The highest BCUT2D eigenvalue weighted by Gasteiger charge is 2.02. The summed E-state index contributed by atoms with van der Waals surface area (Å²) in [5, 5.41) is 3.37. The maximum Gasteiger partial charge on any atom is 0.123 e. The molecule has 0 spiro atoms. The first kappa shape index (κ1) is 14.4. The average molecular weight is 271 g/mol. The van der Waals surface area contributed by atoms with Crippen LogP contribution in [0.3, 0.4) is 0 Å². The Hall–Kier alpha value is -2.00. The Morgan fingerprint density at radius 1 is 1.05 bits per heavy atom. The largest absolute Gasteiger partial charge is 0.496 e. The van der Waals surface area contributed by atoms with Crippen LogP contribution in [0.1, 0.15) is 11.1 Å². The molecule has 0 radical (unpaired) electrons. The fourth-order valence-electron chi connectivity index (χ4n) is 2.03. The lowest BCUT2D eigenvalue weighted by Gasteiger charge is -2.11. The van der Waals surface area contributed by atoms with Crippen LogP contribution in [0.25, 0.3) is 0 Å². The van der Waals surface area contributed by atoms with Crippen molar-refractivity contribution in [2.45, 2.75) is 13.5 Å². The van der Waals surface area contributed by atoms with Crippen LogP contribution in [0.2, 0.25) is 0 Å². The van der Waals surface area contributed by atoms with E-state index in [-0.39, 0.29) is 0 Å². The molecule has 20 heavy (non-hydrogen) atoms. The number of para-hydroxylation sites is 1. The zero-order chi connectivity index (χ0) is 14.2. The zero-order valence-corrected chi connectivity index (χ0v) is 12.1. The Labute approximate surface area is 120 Å². The normalized spacial score (nSPS) is 10.3. The molecular formula is C17H21NO2. The summed E-state index contributed by atoms with van der Waals surface area (Å²) < 4.78 is 11.0. The maximum absolute atomic E-state index is 5.63. The van der Waals surface area contributed by atoms with Gasteiger partial charge < -0.3 is 14.8 Å². The predicted molar refractivity (Wildman–Crippen MR) is 81.4 cm³/mol. The third-order valence-corrected chi connectivity index (χ3v) is 3.04. The Balaban J connectivity index is 1.75. The molecule has 2 aromatic rings. The minimum Gasteiger partial charge on any atom is -0.496 e. The lowest BCUT2D eigenvalue weighted by Crippen LogP contribution is -2.21. The molecule has 0 aliphatic heterocycles. The molecule has 0 atom stereocenters. The molecule has 0 heterocycles. The molecule has 3 nitrogen and oxygen atoms in total. The van der Waals surface area contributed by atoms with Gasteiger partial charge in [0, 0.05) is 18.7 Å². The van der Waals surface area contributed by atoms with E-state index in [4.69, 9.17) is 9.47 Å². The van der Waals surface area contributed by atoms with Crippen LogP contribution < -0.4 is 14.8 Å². The number of hydrogen-bond acceptors (Lipinski definition) is 3. The predicted octanol–water partition coefficient (Wildman–Crippen LogP) is 3.17. The topological polar surface area (TPSA) is 30.5 Å². The van der Waals surface area contributed by atoms with Gasteiger partial charge in [-0.25, -0.2) is 0 Å². The van der Waals surface area contributed by atoms with Gasteiger partial charge in [0.25, 0.3) is 0 Å². The SMILES string of the molecule is COc1ccc(C)cc1CNCCOc1ccccc1. The summed E-state index contributed by atoms with van der Waals surface area (Å²) >= 11 is 0. The van der Waals surface area contributed by atoms with Crippen molar-refractivity contribution in [2.24, 2.45) is 0 Å². The average Bonchev–Trinajstić information content (AvgIpc) is 2.48. The van der Waals surface area contributed by atoms with Crippen molar-refractivity contribution in [3.63, 3.8) is 0 Å². The summed E-state index contributed by atoms with van der Waals surface area (Å²) in [5.74, 6) is 1.83. The summed E-state index contributed by atoms with van der Waals surface area (Å²) in [6.45, 7) is 4.31. The van der Waals surface area contributed by atoms with Gasteiger partial charge >= 0.3 is 0 Å². The summed E-state index contributed by atoms with van der Waals surface area (Å²) in [6.07, 6.45) is 0. The molecule has 0 aromatic heterocycles. The van der Waals surface area contributed by atoms with Gasteiger partial charge in [0.15, 0.2) is 0 Å². The minimum absolute atomic E-state index is 0.651. The first-order chi connectivity index (χ1) is 9.79. The number of aryl methyl sites for hydroxylation is 1. The van der Waals surface area contributed by atoms with E-state index in [1.54, 1.807) is 7.11 Å². The third-order valence-electron chi connectivity index (χ3n) is 3.04. The summed E-state index contributed by atoms with van der Waals surface area (Å²) in [4.78, 5) is 0. The molecule has 0 fully saturated rings. The van der Waals surface area contributed by atoms with Gasteiger partial charge in [0.2, 0.25) is 0 Å². The molecule has 0 saturated heterocycles. The van der Waals surface area contributed by atoms with E-state index < -0.39 is 0 Å². The fraction of sp³-hybridized carbons (Fsp3) is 0.294. The van der Waals surface area contributed by atoms with E-state index in [1.807, 2.05) is 36.4 Å². The first-order valence-corrected chi connectivity index (χ1v) is 6.81. The van der Waals surface area contributed by atoms with Crippen molar-refractivity contribution in [1.29, 1.82) is 0 Å². The second-order valence-electron chi connectivity index (χ2n) is 4.65. The summed E-state index contributed by atoms with van der Waals surface area (Å²) in [5.41, 5.74) is 2.41. The van der Waals surface area contributed by atoms with Gasteiger partial charge in [0.1, 0.15) is 18.1 Å². The molecule has 3 heteroatoms. The fourth-order valence-corrected chi connectivity index (χ4v) is 2.03. The van der Waals surface area contributed by atoms with E-state index >= 15 is 0 Å². The standard InChI is InChI=1S/C17H21NO2/c1-14-8-9-17(19-2)15(12-14)13-18-10-11-20-16-6-4-3-5-7-16/h3-9,12,18H,10-11,13H2,1-2H3. The number of ether oxygens (including phenoxy) is 2. The monoisotopic (exact) mass is 271 g/mol. The van der Waals surface area contributed by atoms with Crippen LogP contribution in [-0.2, 0) is 6.54 Å². The van der Waals surface area contributed by atoms with Gasteiger partial charge in [-0.05, 0) is 25.1 Å². The number of benzene rings is 2. The van der Waals surface area contributed by atoms with Crippen LogP contribution in [0.5, 0.6) is 11.5 Å². The Morgan fingerprint density at radius 3 is 2.60 bits per heavy atom. The third kappa shape index (κ3) is 4.28. The van der Waals surface area contributed by atoms with Crippen molar-refractivity contribution >= 4 is 0 Å². The molecular weight excluding hydrogens is 250 g/mol. The van der Waals surface area contributed by atoms with Gasteiger partial charge in [-0.3, -0.25) is 0 Å². The second-order valence-corrected chi connectivity index (χ2v) is 4.65. The van der Waals surface area contributed by atoms with Crippen LogP contribution in [0.4, 0.5) is 0 Å². The molecule has 1 N–H and O–H groups in total. The van der Waals surface area contributed by atoms with Crippen LogP contribution in [-0.4, -0.2) is 20.3 Å². The molecule has 0 unspecified atom stereocenters. The van der Waals surface area contributed by atoms with Crippen molar-refractivity contribution in [1.82, 2.24) is 5.32 Å². The van der Waals surface area contributed by atoms with E-state index in [9.17, 15) is 0 Å². The maximum atomic E-state index is 5.63. The highest BCUT2D eigenvalue weighted by atomic mass is 16.5. The van der Waals surface area contributed by atoms with E-state index in [2.05, 4.69) is 24.4 Å². The van der Waals surface area contributed by atoms with Gasteiger partial charge in [-0.2, -0.15) is 0 Å². The van der Waals surface area contributed by atoms with Gasteiger partial charge in [0.05, 0.1) is 7.11 Å².